The van der Waals surface area contributed by atoms with E-state index in [9.17, 15) is 10.3 Å². The molecular formula is C46H53N7O6. The number of hydrogen-bond donors (Lipinski definition) is 5. The lowest BCUT2D eigenvalue weighted by Gasteiger charge is -2.84. The van der Waals surface area contributed by atoms with E-state index in [0.29, 0.717) is 74.9 Å². The number of fused-ring (bicyclic) bond motifs is 9. The Bertz CT molecular complexity index is 2570. The normalized spacial score (nSPS) is 44.6. The number of nitrogen functional groups attached to an aromatic ring is 2. The summed E-state index contributed by atoms with van der Waals surface area (Å²) in [6, 6.07) is 12.8. The van der Waals surface area contributed by atoms with Crippen molar-refractivity contribution >= 4 is 45.9 Å². The highest BCUT2D eigenvalue weighted by Gasteiger charge is 3.01. The zero-order valence-electron chi connectivity index (χ0n) is 34.2. The van der Waals surface area contributed by atoms with Crippen LogP contribution in [0.15, 0.2) is 42.5 Å². The zero-order valence-corrected chi connectivity index (χ0v) is 34.2. The van der Waals surface area contributed by atoms with Gasteiger partial charge >= 0.3 is 0 Å². The van der Waals surface area contributed by atoms with Gasteiger partial charge in [-0.05, 0) is 110 Å². The van der Waals surface area contributed by atoms with Gasteiger partial charge in [-0.15, -0.1) is 0 Å². The number of hydrogen-bond acceptors (Lipinski definition) is 8. The van der Waals surface area contributed by atoms with Crippen LogP contribution < -0.4 is 16.8 Å². The molecule has 7 N–H and O–H groups in total. The Morgan fingerprint density at radius 1 is 0.831 bits per heavy atom. The van der Waals surface area contributed by atoms with Gasteiger partial charge in [-0.2, -0.15) is 4.73 Å². The lowest BCUT2D eigenvalue weighted by Crippen LogP contribution is -2.96. The van der Waals surface area contributed by atoms with Gasteiger partial charge in [0.1, 0.15) is 22.0 Å². The second kappa shape index (κ2) is 9.72. The van der Waals surface area contributed by atoms with Gasteiger partial charge in [0.05, 0.1) is 22.8 Å². The molecule has 5 spiro atoms. The summed E-state index contributed by atoms with van der Waals surface area (Å²) in [4.78, 5) is 68.5. The Labute approximate surface area is 342 Å². The summed E-state index contributed by atoms with van der Waals surface area (Å²) in [5.41, 5.74) is 8.83. The first-order valence-electron chi connectivity index (χ1n) is 21.9. The molecule has 13 nitrogen and oxygen atoms in total. The van der Waals surface area contributed by atoms with Crippen LogP contribution in [0.1, 0.15) is 102 Å². The average Bonchev–Trinajstić information content (AvgIpc) is 3.89. The molecular weight excluding hydrogens is 747 g/mol. The minimum atomic E-state index is -1.42. The highest BCUT2D eigenvalue weighted by molar-refractivity contribution is 6.15. The van der Waals surface area contributed by atoms with Crippen LogP contribution in [0.3, 0.4) is 0 Å². The number of carbonyl (C=O) groups is 4. The first kappa shape index (κ1) is 35.0. The number of aliphatic hydroxyl groups is 1. The summed E-state index contributed by atoms with van der Waals surface area (Å²) in [6.07, 6.45) is 4.18. The molecule has 9 heterocycles. The maximum Gasteiger partial charge on any atom is 0.251 e. The number of nitrogens with one attached hydrogen (secondary N) is 1. The van der Waals surface area contributed by atoms with Gasteiger partial charge in [-0.3, -0.25) is 19.2 Å². The monoisotopic (exact) mass is 799 g/mol. The molecule has 3 aromatic rings. The first-order valence-corrected chi connectivity index (χ1v) is 21.9. The third kappa shape index (κ3) is 2.99. The average molecular weight is 800 g/mol. The Morgan fingerprint density at radius 3 is 2.29 bits per heavy atom. The van der Waals surface area contributed by atoms with E-state index in [-0.39, 0.29) is 42.6 Å². The molecule has 2 saturated carbocycles. The number of anilines is 2. The van der Waals surface area contributed by atoms with Crippen molar-refractivity contribution in [2.24, 2.45) is 28.6 Å². The highest BCUT2D eigenvalue weighted by Crippen LogP contribution is 2.89. The minimum Gasteiger partial charge on any atom is -0.428 e. The molecule has 14 rings (SSSR count). The van der Waals surface area contributed by atoms with Crippen molar-refractivity contribution in [3.05, 3.63) is 59.3 Å². The number of rotatable bonds is 2. The summed E-state index contributed by atoms with van der Waals surface area (Å²) in [7, 11) is 0. The fraction of sp³-hybridized carbons (Fsp3) is 0.609. The van der Waals surface area contributed by atoms with Gasteiger partial charge < -0.3 is 41.8 Å². The van der Waals surface area contributed by atoms with E-state index in [4.69, 9.17) is 11.5 Å². The number of β-lactam (4-membered cyclic amide) rings is 1. The Morgan fingerprint density at radius 2 is 1.54 bits per heavy atom. The van der Waals surface area contributed by atoms with E-state index in [0.717, 1.165) is 22.2 Å². The highest BCUT2D eigenvalue weighted by atomic mass is 16.5. The maximum atomic E-state index is 16.4. The SMILES string of the molecule is CC1(C)CCC23CCCN2C(=O)C2(CC4C2N2C(=O)C56CCCN5C(=O)C65CC6C(C)(C)c7c(c8ccc(N)cc8n7O)C(C4(c4ccc(N)cc4)C1CO)C625)NC3=O. The number of amides is 4. The fourth-order valence-electron chi connectivity index (χ4n) is 17.7. The lowest BCUT2D eigenvalue weighted by molar-refractivity contribution is -0.297. The summed E-state index contributed by atoms with van der Waals surface area (Å²) in [5, 5.41) is 29.2. The van der Waals surface area contributed by atoms with E-state index in [1.807, 2.05) is 34.1 Å². The van der Waals surface area contributed by atoms with Crippen LogP contribution in [-0.2, 0) is 30.0 Å². The number of aliphatic hydroxyl groups excluding tert-OH is 1. The first-order chi connectivity index (χ1) is 28.0. The number of piperazine rings is 1. The number of nitrogens with two attached hydrogens (primary N) is 2. The van der Waals surface area contributed by atoms with Crippen LogP contribution in [-0.4, -0.2) is 101 Å². The van der Waals surface area contributed by atoms with Crippen molar-refractivity contribution in [1.82, 2.24) is 24.7 Å². The number of nitrogens with zero attached hydrogens (tertiary/aromatic N) is 4. The van der Waals surface area contributed by atoms with Gasteiger partial charge in [0.25, 0.3) is 11.8 Å². The molecule has 1 aromatic heterocycles. The van der Waals surface area contributed by atoms with Crippen LogP contribution in [0.4, 0.5) is 11.4 Å². The van der Waals surface area contributed by atoms with Crippen LogP contribution in [0.2, 0.25) is 0 Å². The third-order valence-electron chi connectivity index (χ3n) is 19.6. The number of carbonyl (C=O) groups excluding carboxylic acids is 4. The van der Waals surface area contributed by atoms with Gasteiger partial charge in [-0.25, -0.2) is 0 Å². The zero-order chi connectivity index (χ0) is 41.0. The smallest absolute Gasteiger partial charge is 0.251 e. The Balaban J connectivity index is 1.25. The largest absolute Gasteiger partial charge is 0.428 e. The summed E-state index contributed by atoms with van der Waals surface area (Å²) < 4.78 is 1.31. The van der Waals surface area contributed by atoms with Gasteiger partial charge in [0.15, 0.2) is 0 Å². The van der Waals surface area contributed by atoms with E-state index < -0.39 is 67.6 Å². The summed E-state index contributed by atoms with van der Waals surface area (Å²) in [5.74, 6) is -2.28. The number of benzene rings is 2. The molecule has 3 bridgehead atoms. The molecule has 2 aromatic carbocycles. The van der Waals surface area contributed by atoms with Crippen molar-refractivity contribution in [2.75, 3.05) is 31.2 Å². The van der Waals surface area contributed by atoms with Crippen LogP contribution in [0.25, 0.3) is 10.9 Å². The van der Waals surface area contributed by atoms with Crippen molar-refractivity contribution in [1.29, 1.82) is 0 Å². The van der Waals surface area contributed by atoms with Crippen molar-refractivity contribution in [3.8, 4) is 0 Å². The van der Waals surface area contributed by atoms with Crippen LogP contribution in [0, 0.1) is 28.6 Å². The fourth-order valence-corrected chi connectivity index (χ4v) is 17.7. The maximum absolute atomic E-state index is 16.4. The molecule has 11 aliphatic rings. The number of piperidine rings is 1. The predicted octanol–water partition coefficient (Wildman–Crippen LogP) is 3.38. The molecule has 13 heteroatoms. The summed E-state index contributed by atoms with van der Waals surface area (Å²) >= 11 is 0. The number of aromatic nitrogens is 1. The Hall–Kier alpha value is -4.78. The van der Waals surface area contributed by atoms with Gasteiger partial charge in [-0.1, -0.05) is 45.9 Å². The quantitative estimate of drug-likeness (QED) is 0.148. The third-order valence-corrected chi connectivity index (χ3v) is 19.6. The molecule has 8 saturated heterocycles. The molecule has 59 heavy (non-hydrogen) atoms. The Kier molecular flexibility index (Phi) is 5.77. The van der Waals surface area contributed by atoms with Gasteiger partial charge in [0.2, 0.25) is 11.8 Å². The molecule has 308 valence electrons. The second-order valence-electron chi connectivity index (χ2n) is 21.6. The van der Waals surface area contributed by atoms with Crippen molar-refractivity contribution in [3.63, 3.8) is 0 Å². The molecule has 8 aliphatic heterocycles. The molecule has 4 amide bonds. The minimum absolute atomic E-state index is 0.0111. The molecule has 11 unspecified atom stereocenters. The molecule has 3 aliphatic carbocycles. The standard InChI is InChI=1S/C46H53N7O6/c1-39(2)15-16-41-13-5-17-50(41)36(56)42(49-35(41)55)20-27-33(42)52-38(58)44-14-6-18-51(44)37(57)43(44)21-29-40(3,4)34-31(26-12-11-25(48)19-28(26)53(34)59)32(46(29,43)52)45(27,30(39)22-54)23-7-9-24(47)10-8-23/h7-12,19,27,29-30,32-33,54,59H,5-6,13-18,20-22,47-48H2,1-4H3,(H,49,55). The van der Waals surface area contributed by atoms with E-state index in [2.05, 4.69) is 50.0 Å². The molecule has 10 fully saturated rings. The van der Waals surface area contributed by atoms with Crippen molar-refractivity contribution in [2.45, 2.75) is 124 Å². The molecule has 0 radical (unpaired) electrons. The van der Waals surface area contributed by atoms with E-state index in [1.165, 1.54) is 4.73 Å². The summed E-state index contributed by atoms with van der Waals surface area (Å²) in [6.45, 7) is 9.42. The predicted molar refractivity (Wildman–Crippen MR) is 216 cm³/mol. The molecule has 11 atom stereocenters. The second-order valence-corrected chi connectivity index (χ2v) is 21.6. The van der Waals surface area contributed by atoms with E-state index in [1.54, 1.807) is 6.07 Å². The van der Waals surface area contributed by atoms with E-state index >= 15 is 19.2 Å². The van der Waals surface area contributed by atoms with Gasteiger partial charge in [0, 0.05) is 53.2 Å². The van der Waals surface area contributed by atoms with Crippen molar-refractivity contribution < 1.29 is 29.5 Å². The van der Waals surface area contributed by atoms with Crippen LogP contribution >= 0.6 is 0 Å². The van der Waals surface area contributed by atoms with Crippen LogP contribution in [0.5, 0.6) is 0 Å². The lowest BCUT2D eigenvalue weighted by atomic mass is 9.24. The topological polar surface area (TPSA) is 187 Å².